The first-order chi connectivity index (χ1) is 14.5. The van der Waals surface area contributed by atoms with Gasteiger partial charge in [-0.15, -0.1) is 25.6 Å². The Morgan fingerprint density at radius 3 is 2.44 bits per heavy atom. The number of alkyl halides is 3. The van der Waals surface area contributed by atoms with Crippen LogP contribution in [0.2, 0.25) is 0 Å². The quantitative estimate of drug-likeness (QED) is 0.202. The minimum absolute atomic E-state index is 0. The van der Waals surface area contributed by atoms with Gasteiger partial charge in [0.1, 0.15) is 5.69 Å². The van der Waals surface area contributed by atoms with E-state index >= 15 is 4.39 Å². The SMILES string of the molecule is C=C([C-](C)C)N(C(C)=NC)c1[c-]cc(F)c(-c2cccc3[nH]c(C(F)(F)F)cc23)c1F.[K+]. The van der Waals surface area contributed by atoms with Gasteiger partial charge < -0.3 is 9.88 Å². The molecular weight excluding hydrogens is 452 g/mol. The van der Waals surface area contributed by atoms with E-state index in [-0.39, 0.29) is 73.5 Å². The first-order valence-electron chi connectivity index (χ1n) is 9.29. The topological polar surface area (TPSA) is 31.4 Å². The fourth-order valence-corrected chi connectivity index (χ4v) is 3.24. The largest absolute Gasteiger partial charge is 1.00 e. The summed E-state index contributed by atoms with van der Waals surface area (Å²) < 4.78 is 70.0. The van der Waals surface area contributed by atoms with Crippen molar-refractivity contribution >= 4 is 22.4 Å². The number of fused-ring (bicyclic) bond motifs is 1. The molecule has 0 aliphatic rings. The number of halogens is 5. The van der Waals surface area contributed by atoms with Crippen LogP contribution in [-0.2, 0) is 6.18 Å². The Hall–Kier alpha value is -1.65. The van der Waals surface area contributed by atoms with Crippen molar-refractivity contribution in [3.63, 3.8) is 0 Å². The number of aromatic nitrogens is 1. The average Bonchev–Trinajstić information content (AvgIpc) is 3.15. The maximum absolute atomic E-state index is 15.7. The van der Waals surface area contributed by atoms with Gasteiger partial charge in [0.2, 0.25) is 0 Å². The van der Waals surface area contributed by atoms with E-state index in [4.69, 9.17) is 0 Å². The molecule has 3 nitrogen and oxygen atoms in total. The van der Waals surface area contributed by atoms with Crippen LogP contribution in [0.15, 0.2) is 47.6 Å². The number of rotatable bonds is 4. The number of benzene rings is 2. The zero-order chi connectivity index (χ0) is 23.1. The Morgan fingerprint density at radius 1 is 1.22 bits per heavy atom. The summed E-state index contributed by atoms with van der Waals surface area (Å²) in [6, 6.07) is 8.60. The van der Waals surface area contributed by atoms with E-state index in [2.05, 4.69) is 22.6 Å². The molecule has 0 saturated carbocycles. The number of hydrogen-bond acceptors (Lipinski definition) is 1. The minimum atomic E-state index is -4.62. The Bertz CT molecular complexity index is 1180. The summed E-state index contributed by atoms with van der Waals surface area (Å²) >= 11 is 0. The summed E-state index contributed by atoms with van der Waals surface area (Å²) in [4.78, 5) is 7.73. The summed E-state index contributed by atoms with van der Waals surface area (Å²) in [7, 11) is 1.52. The molecule has 3 rings (SSSR count). The van der Waals surface area contributed by atoms with Crippen molar-refractivity contribution in [1.82, 2.24) is 4.98 Å². The monoisotopic (exact) mass is 472 g/mol. The number of amidine groups is 1. The van der Waals surface area contributed by atoms with Gasteiger partial charge in [0.05, 0.1) is 5.84 Å². The van der Waals surface area contributed by atoms with Gasteiger partial charge in [-0.25, -0.2) is 6.58 Å². The molecule has 0 fully saturated rings. The molecular formula is C23H20F5KN3-. The van der Waals surface area contributed by atoms with Crippen molar-refractivity contribution in [1.29, 1.82) is 0 Å². The second-order valence-corrected chi connectivity index (χ2v) is 7.17. The van der Waals surface area contributed by atoms with Crippen LogP contribution in [0.5, 0.6) is 0 Å². The smallest absolute Gasteiger partial charge is 0.356 e. The molecule has 3 aromatic rings. The zero-order valence-electron chi connectivity index (χ0n) is 18.4. The van der Waals surface area contributed by atoms with Gasteiger partial charge in [0, 0.05) is 29.6 Å². The number of nitrogens with zero attached hydrogens (tertiary/aromatic N) is 2. The number of aliphatic imine (C=N–C) groups is 1. The van der Waals surface area contributed by atoms with Crippen LogP contribution in [0.3, 0.4) is 0 Å². The van der Waals surface area contributed by atoms with E-state index in [9.17, 15) is 17.6 Å². The van der Waals surface area contributed by atoms with Crippen molar-refractivity contribution < 1.29 is 73.3 Å². The molecule has 1 aromatic heterocycles. The van der Waals surface area contributed by atoms with Crippen LogP contribution in [0.25, 0.3) is 22.0 Å². The Balaban J connectivity index is 0.00000363. The van der Waals surface area contributed by atoms with Crippen LogP contribution in [0.4, 0.5) is 27.6 Å². The summed E-state index contributed by atoms with van der Waals surface area (Å²) in [5, 5.41) is 0.0502. The molecule has 164 valence electrons. The fraction of sp³-hybridized carbons (Fsp3) is 0.217. The molecule has 0 bridgehead atoms. The third-order valence-corrected chi connectivity index (χ3v) is 4.96. The molecule has 0 radical (unpaired) electrons. The Labute approximate surface area is 225 Å². The summed E-state index contributed by atoms with van der Waals surface area (Å²) in [6.07, 6.45) is -4.62. The Morgan fingerprint density at radius 2 is 1.88 bits per heavy atom. The Kier molecular flexibility index (Phi) is 8.39. The second kappa shape index (κ2) is 10.1. The van der Waals surface area contributed by atoms with Gasteiger partial charge in [-0.3, -0.25) is 13.8 Å². The molecule has 32 heavy (non-hydrogen) atoms. The third-order valence-electron chi connectivity index (χ3n) is 4.96. The van der Waals surface area contributed by atoms with Crippen molar-refractivity contribution in [2.75, 3.05) is 11.9 Å². The summed E-state index contributed by atoms with van der Waals surface area (Å²) in [6.45, 7) is 9.13. The van der Waals surface area contributed by atoms with Gasteiger partial charge in [-0.05, 0) is 30.3 Å². The molecule has 0 amide bonds. The second-order valence-electron chi connectivity index (χ2n) is 7.17. The first-order valence-corrected chi connectivity index (χ1v) is 9.29. The van der Waals surface area contributed by atoms with E-state index in [1.807, 2.05) is 0 Å². The molecule has 2 aromatic carbocycles. The maximum Gasteiger partial charge on any atom is 1.00 e. The van der Waals surface area contributed by atoms with Crippen molar-refractivity contribution in [3.05, 3.63) is 71.9 Å². The number of aromatic amines is 1. The first kappa shape index (κ1) is 26.6. The van der Waals surface area contributed by atoms with E-state index in [1.54, 1.807) is 20.8 Å². The van der Waals surface area contributed by atoms with E-state index < -0.39 is 29.1 Å². The minimum Gasteiger partial charge on any atom is -0.356 e. The van der Waals surface area contributed by atoms with E-state index in [0.717, 1.165) is 18.1 Å². The molecule has 1 heterocycles. The van der Waals surface area contributed by atoms with Crippen LogP contribution in [0, 0.1) is 23.6 Å². The molecule has 0 spiro atoms. The van der Waals surface area contributed by atoms with Crippen molar-refractivity contribution in [3.8, 4) is 11.1 Å². The predicted octanol–water partition coefficient (Wildman–Crippen LogP) is 3.92. The summed E-state index contributed by atoms with van der Waals surface area (Å²) in [5.74, 6) is -0.771. The van der Waals surface area contributed by atoms with Crippen molar-refractivity contribution in [2.24, 2.45) is 4.99 Å². The molecule has 0 aliphatic heterocycles. The van der Waals surface area contributed by atoms with Gasteiger partial charge >= 0.3 is 57.6 Å². The molecule has 0 atom stereocenters. The number of nitrogens with one attached hydrogen (secondary N) is 1. The normalized spacial score (nSPS) is 12.0. The van der Waals surface area contributed by atoms with Gasteiger partial charge in [0.25, 0.3) is 0 Å². The average molecular weight is 473 g/mol. The van der Waals surface area contributed by atoms with E-state index in [1.165, 1.54) is 30.1 Å². The maximum atomic E-state index is 15.7. The van der Waals surface area contributed by atoms with Gasteiger partial charge in [-0.1, -0.05) is 17.7 Å². The number of anilines is 1. The van der Waals surface area contributed by atoms with E-state index in [0.29, 0.717) is 11.5 Å². The van der Waals surface area contributed by atoms with Crippen molar-refractivity contribution in [2.45, 2.75) is 26.9 Å². The van der Waals surface area contributed by atoms with Crippen LogP contribution in [-0.4, -0.2) is 17.9 Å². The number of hydrogen-bond donors (Lipinski definition) is 1. The van der Waals surface area contributed by atoms with Crippen LogP contribution in [0.1, 0.15) is 26.5 Å². The fourth-order valence-electron chi connectivity index (χ4n) is 3.24. The van der Waals surface area contributed by atoms with Crippen LogP contribution < -0.4 is 56.3 Å². The summed E-state index contributed by atoms with van der Waals surface area (Å²) in [5.41, 5.74) is -1.06. The zero-order valence-corrected chi connectivity index (χ0v) is 21.5. The molecule has 0 saturated heterocycles. The molecule has 0 aliphatic carbocycles. The number of allylic oxidation sites excluding steroid dienone is 1. The van der Waals surface area contributed by atoms with Gasteiger partial charge in [0.15, 0.2) is 0 Å². The predicted molar refractivity (Wildman–Crippen MR) is 113 cm³/mol. The van der Waals surface area contributed by atoms with Crippen LogP contribution >= 0.6 is 0 Å². The third kappa shape index (κ3) is 4.96. The molecule has 9 heteroatoms. The molecule has 0 unspecified atom stereocenters. The van der Waals surface area contributed by atoms with Gasteiger partial charge in [-0.2, -0.15) is 25.2 Å². The standard InChI is InChI=1S/C23H20F5N3.K/c1-12(2)13(3)31(14(4)29-5)19-10-9-17(24)21(22(19)25)15-7-6-8-18-16(15)11-20(30-18)23(26,27)28;/h6-9,11,30H,3H2,1-2,4-5H3;/q-2;+1. The molecule has 1 N–H and O–H groups in total. The number of H-pyrrole nitrogens is 1.